The third-order valence-electron chi connectivity index (χ3n) is 2.66. The summed E-state index contributed by atoms with van der Waals surface area (Å²) in [5.74, 6) is -0.0801. The highest BCUT2D eigenvalue weighted by molar-refractivity contribution is 7.20. The van der Waals surface area contributed by atoms with Crippen molar-refractivity contribution >= 4 is 55.8 Å². The van der Waals surface area contributed by atoms with Crippen LogP contribution >= 0.6 is 34.3 Å². The summed E-state index contributed by atoms with van der Waals surface area (Å²) in [6.07, 6.45) is 0. The van der Waals surface area contributed by atoms with E-state index in [-0.39, 0.29) is 11.3 Å². The first-order chi connectivity index (χ1) is 9.69. The Morgan fingerprint density at radius 3 is 2.65 bits per heavy atom. The third kappa shape index (κ3) is 2.29. The number of thiazole rings is 1. The highest BCUT2D eigenvalue weighted by atomic mass is 35.5. The van der Waals surface area contributed by atoms with E-state index in [0.717, 1.165) is 10.2 Å². The van der Waals surface area contributed by atoms with Gasteiger partial charge >= 0.3 is 0 Å². The van der Waals surface area contributed by atoms with E-state index in [9.17, 15) is 10.4 Å². The van der Waals surface area contributed by atoms with Crippen LogP contribution in [0.2, 0.25) is 4.34 Å². The number of thiophene rings is 1. The third-order valence-corrected chi connectivity index (χ3v) is 4.95. The zero-order valence-electron chi connectivity index (χ0n) is 10.0. The molecule has 2 aromatic heterocycles. The molecule has 0 atom stereocenters. The molecule has 0 aliphatic carbocycles. The normalized spacial score (nSPS) is 12.2. The number of fused-ring (bicyclic) bond motifs is 1. The summed E-state index contributed by atoms with van der Waals surface area (Å²) < 4.78 is 1.54. The van der Waals surface area contributed by atoms with Crippen LogP contribution in [0.25, 0.3) is 21.5 Å². The molecule has 98 valence electrons. The number of para-hydroxylation sites is 1. The highest BCUT2D eigenvalue weighted by Crippen LogP contribution is 2.34. The summed E-state index contributed by atoms with van der Waals surface area (Å²) >= 11 is 8.46. The SMILES string of the molecule is N#C/C(=C(\O)c1ccc(Cl)s1)c1nc2ccccc2s1. The van der Waals surface area contributed by atoms with E-state index in [1.165, 1.54) is 22.7 Å². The number of nitrogens with zero attached hydrogens (tertiary/aromatic N) is 2. The van der Waals surface area contributed by atoms with Gasteiger partial charge in [0.25, 0.3) is 0 Å². The van der Waals surface area contributed by atoms with E-state index < -0.39 is 0 Å². The summed E-state index contributed by atoms with van der Waals surface area (Å²) in [7, 11) is 0. The number of hydrogen-bond donors (Lipinski definition) is 1. The number of hydrogen-bond acceptors (Lipinski definition) is 5. The standard InChI is InChI=1S/C14H7ClN2OS2/c15-12-6-5-11(19-12)13(18)8(7-16)14-17-9-3-1-2-4-10(9)20-14/h1-6,18H/b13-8+. The van der Waals surface area contributed by atoms with Crippen LogP contribution in [-0.4, -0.2) is 10.1 Å². The lowest BCUT2D eigenvalue weighted by atomic mass is 10.2. The van der Waals surface area contributed by atoms with Crippen molar-refractivity contribution in [1.29, 1.82) is 5.26 Å². The lowest BCUT2D eigenvalue weighted by Crippen LogP contribution is -1.86. The molecule has 0 amide bonds. The number of halogens is 1. The Hall–Kier alpha value is -1.87. The fourth-order valence-electron chi connectivity index (χ4n) is 1.75. The van der Waals surface area contributed by atoms with Gasteiger partial charge in [0.05, 0.1) is 19.4 Å². The van der Waals surface area contributed by atoms with Gasteiger partial charge in [-0.25, -0.2) is 4.98 Å². The van der Waals surface area contributed by atoms with Gasteiger partial charge in [0.2, 0.25) is 0 Å². The predicted octanol–water partition coefficient (Wildman–Crippen LogP) is 4.96. The number of aliphatic hydroxyl groups is 1. The van der Waals surface area contributed by atoms with Crippen molar-refractivity contribution in [3.8, 4) is 6.07 Å². The number of nitriles is 1. The van der Waals surface area contributed by atoms with E-state index >= 15 is 0 Å². The Bertz CT molecular complexity index is 824. The van der Waals surface area contributed by atoms with Crippen LogP contribution in [0.5, 0.6) is 0 Å². The zero-order valence-corrected chi connectivity index (χ0v) is 12.4. The largest absolute Gasteiger partial charge is 0.505 e. The van der Waals surface area contributed by atoms with Crippen molar-refractivity contribution in [3.05, 3.63) is 50.6 Å². The van der Waals surface area contributed by atoms with Gasteiger partial charge in [0.1, 0.15) is 16.6 Å². The highest BCUT2D eigenvalue weighted by Gasteiger charge is 2.16. The van der Waals surface area contributed by atoms with E-state index in [1.807, 2.05) is 30.3 Å². The van der Waals surface area contributed by atoms with Crippen molar-refractivity contribution < 1.29 is 5.11 Å². The number of benzene rings is 1. The van der Waals surface area contributed by atoms with Gasteiger partial charge in [-0.1, -0.05) is 23.7 Å². The fourth-order valence-corrected chi connectivity index (χ4v) is 3.70. The van der Waals surface area contributed by atoms with Crippen LogP contribution in [0.3, 0.4) is 0 Å². The van der Waals surface area contributed by atoms with Crippen molar-refractivity contribution in [2.75, 3.05) is 0 Å². The summed E-state index contributed by atoms with van der Waals surface area (Å²) in [6, 6.07) is 13.0. The quantitative estimate of drug-likeness (QED) is 0.536. The minimum Gasteiger partial charge on any atom is -0.505 e. The van der Waals surface area contributed by atoms with Crippen molar-refractivity contribution in [3.63, 3.8) is 0 Å². The molecule has 0 fully saturated rings. The molecule has 0 saturated carbocycles. The predicted molar refractivity (Wildman–Crippen MR) is 84.0 cm³/mol. The Labute approximate surface area is 128 Å². The Morgan fingerprint density at radius 2 is 2.00 bits per heavy atom. The van der Waals surface area contributed by atoms with E-state index in [2.05, 4.69) is 4.98 Å². The number of aliphatic hydroxyl groups excluding tert-OH is 1. The maximum absolute atomic E-state index is 10.2. The van der Waals surface area contributed by atoms with E-state index in [1.54, 1.807) is 12.1 Å². The van der Waals surface area contributed by atoms with Crippen LogP contribution < -0.4 is 0 Å². The molecule has 6 heteroatoms. The van der Waals surface area contributed by atoms with Crippen LogP contribution in [0.15, 0.2) is 36.4 Å². The molecule has 0 saturated heterocycles. The summed E-state index contributed by atoms with van der Waals surface area (Å²) in [5.41, 5.74) is 0.988. The van der Waals surface area contributed by atoms with Crippen LogP contribution in [0.4, 0.5) is 0 Å². The number of rotatable bonds is 2. The molecular weight excluding hydrogens is 312 g/mol. The molecule has 3 rings (SSSR count). The van der Waals surface area contributed by atoms with Gasteiger partial charge in [-0.05, 0) is 24.3 Å². The molecule has 1 N–H and O–H groups in total. The molecule has 0 aliphatic heterocycles. The van der Waals surface area contributed by atoms with Gasteiger partial charge in [-0.2, -0.15) is 5.26 Å². The minimum atomic E-state index is -0.0801. The second-order valence-corrected chi connectivity index (χ2v) is 6.67. The average Bonchev–Trinajstić information content (AvgIpc) is 3.05. The van der Waals surface area contributed by atoms with Crippen LogP contribution in [-0.2, 0) is 0 Å². The summed E-state index contributed by atoms with van der Waals surface area (Å²) in [6.45, 7) is 0. The van der Waals surface area contributed by atoms with Crippen molar-refractivity contribution in [2.24, 2.45) is 0 Å². The molecule has 0 aliphatic rings. The smallest absolute Gasteiger partial charge is 0.153 e. The zero-order chi connectivity index (χ0) is 14.1. The molecule has 0 spiro atoms. The second-order valence-electron chi connectivity index (χ2n) is 3.93. The van der Waals surface area contributed by atoms with Gasteiger partial charge in [-0.3, -0.25) is 0 Å². The first kappa shape index (κ1) is 13.1. The lowest BCUT2D eigenvalue weighted by molar-refractivity contribution is 0.516. The molecular formula is C14H7ClN2OS2. The molecule has 20 heavy (non-hydrogen) atoms. The van der Waals surface area contributed by atoms with Gasteiger partial charge in [-0.15, -0.1) is 22.7 Å². The van der Waals surface area contributed by atoms with E-state index in [4.69, 9.17) is 11.6 Å². The molecule has 2 heterocycles. The molecule has 1 aromatic carbocycles. The molecule has 3 aromatic rings. The topological polar surface area (TPSA) is 56.9 Å². The van der Waals surface area contributed by atoms with Crippen LogP contribution in [0, 0.1) is 11.3 Å². The lowest BCUT2D eigenvalue weighted by Gasteiger charge is -1.98. The summed E-state index contributed by atoms with van der Waals surface area (Å²) in [5, 5.41) is 20.1. The minimum absolute atomic E-state index is 0.0801. The monoisotopic (exact) mass is 318 g/mol. The maximum Gasteiger partial charge on any atom is 0.153 e. The van der Waals surface area contributed by atoms with Gasteiger partial charge in [0, 0.05) is 0 Å². The summed E-state index contributed by atoms with van der Waals surface area (Å²) in [4.78, 5) is 4.95. The molecule has 0 radical (unpaired) electrons. The molecule has 0 bridgehead atoms. The Kier molecular flexibility index (Phi) is 3.45. The maximum atomic E-state index is 10.2. The first-order valence-corrected chi connectivity index (χ1v) is 7.65. The van der Waals surface area contributed by atoms with Crippen LogP contribution in [0.1, 0.15) is 9.88 Å². The first-order valence-electron chi connectivity index (χ1n) is 5.64. The van der Waals surface area contributed by atoms with Crippen molar-refractivity contribution in [1.82, 2.24) is 4.98 Å². The van der Waals surface area contributed by atoms with Crippen molar-refractivity contribution in [2.45, 2.75) is 0 Å². The number of allylic oxidation sites excluding steroid dienone is 1. The average molecular weight is 319 g/mol. The van der Waals surface area contributed by atoms with E-state index in [0.29, 0.717) is 14.2 Å². The second kappa shape index (κ2) is 5.25. The molecule has 3 nitrogen and oxygen atoms in total. The number of aromatic nitrogens is 1. The van der Waals surface area contributed by atoms with Gasteiger partial charge in [0.15, 0.2) is 5.76 Å². The fraction of sp³-hybridized carbons (Fsp3) is 0. The Morgan fingerprint density at radius 1 is 1.20 bits per heavy atom. The van der Waals surface area contributed by atoms with Gasteiger partial charge < -0.3 is 5.11 Å². The molecule has 0 unspecified atom stereocenters. The Balaban J connectivity index is 2.16.